The van der Waals surface area contributed by atoms with Gasteiger partial charge in [-0.2, -0.15) is 4.31 Å². The van der Waals surface area contributed by atoms with Gasteiger partial charge in [0.25, 0.3) is 0 Å². The highest BCUT2D eigenvalue weighted by Gasteiger charge is 2.35. The van der Waals surface area contributed by atoms with Crippen LogP contribution in [0.5, 0.6) is 0 Å². The van der Waals surface area contributed by atoms with E-state index < -0.39 is 22.0 Å². The van der Waals surface area contributed by atoms with Gasteiger partial charge in [0, 0.05) is 11.0 Å². The van der Waals surface area contributed by atoms with Crippen molar-refractivity contribution >= 4 is 31.9 Å². The van der Waals surface area contributed by atoms with Crippen LogP contribution in [0, 0.1) is 0 Å². The lowest BCUT2D eigenvalue weighted by Gasteiger charge is -2.24. The van der Waals surface area contributed by atoms with Gasteiger partial charge in [0.15, 0.2) is 0 Å². The van der Waals surface area contributed by atoms with Crippen LogP contribution in [-0.2, 0) is 14.8 Å². The molecule has 0 aliphatic carbocycles. The number of aliphatic carboxylic acids is 1. The first-order valence-corrected chi connectivity index (χ1v) is 7.64. The second kappa shape index (κ2) is 4.99. The molecule has 0 spiro atoms. The smallest absolute Gasteiger partial charge is 0.243 e. The van der Waals surface area contributed by atoms with Crippen LogP contribution < -0.4 is 5.11 Å². The van der Waals surface area contributed by atoms with Gasteiger partial charge in [-0.1, -0.05) is 15.9 Å². The van der Waals surface area contributed by atoms with E-state index in [9.17, 15) is 18.3 Å². The molecule has 0 unspecified atom stereocenters. The summed E-state index contributed by atoms with van der Waals surface area (Å²) in [5, 5.41) is 10.9. The van der Waals surface area contributed by atoms with Crippen molar-refractivity contribution in [2.24, 2.45) is 0 Å². The summed E-state index contributed by atoms with van der Waals surface area (Å²) >= 11 is 3.22. The first-order chi connectivity index (χ1) is 8.43. The summed E-state index contributed by atoms with van der Waals surface area (Å²) in [5.41, 5.74) is 0. The normalized spacial score (nSPS) is 21.1. The van der Waals surface area contributed by atoms with Crippen LogP contribution in [0.15, 0.2) is 33.6 Å². The summed E-state index contributed by atoms with van der Waals surface area (Å²) in [4.78, 5) is 11.0. The van der Waals surface area contributed by atoms with Crippen molar-refractivity contribution in [1.82, 2.24) is 4.31 Å². The van der Waals surface area contributed by atoms with Crippen LogP contribution in [0.2, 0.25) is 0 Å². The molecule has 18 heavy (non-hydrogen) atoms. The van der Waals surface area contributed by atoms with E-state index in [-0.39, 0.29) is 11.4 Å². The van der Waals surface area contributed by atoms with Crippen LogP contribution in [-0.4, -0.2) is 31.3 Å². The summed E-state index contributed by atoms with van der Waals surface area (Å²) in [5.74, 6) is -1.34. The van der Waals surface area contributed by atoms with E-state index in [1.54, 1.807) is 12.1 Å². The van der Waals surface area contributed by atoms with Gasteiger partial charge in [0.05, 0.1) is 16.9 Å². The number of carboxylic acid groups (broad SMARTS) is 1. The minimum absolute atomic E-state index is 0.0962. The number of hydrogen-bond donors (Lipinski definition) is 0. The van der Waals surface area contributed by atoms with Gasteiger partial charge in [-0.05, 0) is 37.1 Å². The fourth-order valence-corrected chi connectivity index (χ4v) is 3.92. The molecule has 0 bridgehead atoms. The fourth-order valence-electron chi connectivity index (χ4n) is 2.01. The average Bonchev–Trinajstić information content (AvgIpc) is 2.79. The molecule has 5 nitrogen and oxygen atoms in total. The molecule has 1 aliphatic heterocycles. The lowest BCUT2D eigenvalue weighted by atomic mass is 10.2. The van der Waals surface area contributed by atoms with Crippen molar-refractivity contribution in [3.63, 3.8) is 0 Å². The van der Waals surface area contributed by atoms with Crippen molar-refractivity contribution in [2.45, 2.75) is 23.8 Å². The third-order valence-corrected chi connectivity index (χ3v) is 5.35. The molecule has 1 aromatic carbocycles. The predicted molar refractivity (Wildman–Crippen MR) is 66.1 cm³/mol. The Kier molecular flexibility index (Phi) is 3.74. The second-order valence-electron chi connectivity index (χ2n) is 4.05. The molecule has 0 aromatic heterocycles. The van der Waals surface area contributed by atoms with Gasteiger partial charge in [-0.25, -0.2) is 8.42 Å². The number of nitrogens with zero attached hydrogens (tertiary/aromatic N) is 1. The summed E-state index contributed by atoms with van der Waals surface area (Å²) in [6.07, 6.45) is 0.840. The summed E-state index contributed by atoms with van der Waals surface area (Å²) in [7, 11) is -3.76. The van der Waals surface area contributed by atoms with Crippen molar-refractivity contribution in [3.8, 4) is 0 Å². The molecule has 0 amide bonds. The lowest BCUT2D eigenvalue weighted by molar-refractivity contribution is -0.309. The molecule has 1 saturated heterocycles. The highest BCUT2D eigenvalue weighted by Crippen LogP contribution is 2.26. The van der Waals surface area contributed by atoms with Gasteiger partial charge < -0.3 is 9.90 Å². The molecule has 98 valence electrons. The van der Waals surface area contributed by atoms with E-state index in [4.69, 9.17) is 0 Å². The number of carbonyl (C=O) groups excluding carboxylic acids is 1. The number of halogens is 1. The third-order valence-electron chi connectivity index (χ3n) is 2.90. The number of carboxylic acids is 1. The largest absolute Gasteiger partial charge is 0.548 e. The van der Waals surface area contributed by atoms with Gasteiger partial charge in [-0.3, -0.25) is 0 Å². The number of rotatable bonds is 3. The molecule has 0 radical (unpaired) electrons. The molecule has 2 rings (SSSR count). The highest BCUT2D eigenvalue weighted by molar-refractivity contribution is 9.10. The second-order valence-corrected chi connectivity index (χ2v) is 6.85. The quantitative estimate of drug-likeness (QED) is 0.800. The van der Waals surface area contributed by atoms with E-state index in [2.05, 4.69) is 15.9 Å². The van der Waals surface area contributed by atoms with Crippen molar-refractivity contribution in [3.05, 3.63) is 28.7 Å². The third kappa shape index (κ3) is 2.43. The van der Waals surface area contributed by atoms with Gasteiger partial charge >= 0.3 is 0 Å². The monoisotopic (exact) mass is 332 g/mol. The van der Waals surface area contributed by atoms with E-state index in [1.165, 1.54) is 12.1 Å². The van der Waals surface area contributed by atoms with Crippen LogP contribution in [0.3, 0.4) is 0 Å². The Morgan fingerprint density at radius 1 is 1.33 bits per heavy atom. The Balaban J connectivity index is 2.36. The molecule has 7 heteroatoms. The van der Waals surface area contributed by atoms with Crippen LogP contribution in [0.25, 0.3) is 0 Å². The Morgan fingerprint density at radius 2 is 1.94 bits per heavy atom. The molecule has 1 atom stereocenters. The molecule has 1 aliphatic rings. The molecule has 1 aromatic rings. The number of hydrogen-bond acceptors (Lipinski definition) is 4. The standard InChI is InChI=1S/C11H12BrNO4S/c12-8-3-5-9(6-4-8)18(16,17)13-7-1-2-10(13)11(14)15/h3-6,10H,1-2,7H2,(H,14,15)/p-1/t10-/m0/s1. The number of carbonyl (C=O) groups is 1. The minimum Gasteiger partial charge on any atom is -0.548 e. The topological polar surface area (TPSA) is 77.5 Å². The fraction of sp³-hybridized carbons (Fsp3) is 0.364. The molecule has 1 heterocycles. The summed E-state index contributed by atoms with van der Waals surface area (Å²) in [6, 6.07) is 5.06. The van der Waals surface area contributed by atoms with E-state index in [0.717, 1.165) is 8.78 Å². The van der Waals surface area contributed by atoms with Crippen LogP contribution >= 0.6 is 15.9 Å². The Bertz CT molecular complexity index is 555. The first-order valence-electron chi connectivity index (χ1n) is 5.41. The van der Waals surface area contributed by atoms with Crippen molar-refractivity contribution in [1.29, 1.82) is 0 Å². The number of sulfonamides is 1. The zero-order valence-corrected chi connectivity index (χ0v) is 11.8. The predicted octanol–water partition coefficient (Wildman–Crippen LogP) is 0.352. The van der Waals surface area contributed by atoms with Gasteiger partial charge in [-0.15, -0.1) is 0 Å². The summed E-state index contributed by atoms with van der Waals surface area (Å²) in [6.45, 7) is 0.219. The zero-order chi connectivity index (χ0) is 13.3. The Labute approximate surface area is 114 Å². The van der Waals surface area contributed by atoms with E-state index in [0.29, 0.717) is 12.8 Å². The van der Waals surface area contributed by atoms with Crippen molar-refractivity contribution in [2.75, 3.05) is 6.54 Å². The van der Waals surface area contributed by atoms with E-state index in [1.807, 2.05) is 0 Å². The average molecular weight is 333 g/mol. The Morgan fingerprint density at radius 3 is 2.50 bits per heavy atom. The van der Waals surface area contributed by atoms with Crippen LogP contribution in [0.1, 0.15) is 12.8 Å². The molecular weight excluding hydrogens is 322 g/mol. The minimum atomic E-state index is -3.76. The Hall–Kier alpha value is -0.920. The molecular formula is C11H11BrNO4S-. The maximum atomic E-state index is 12.3. The van der Waals surface area contributed by atoms with Gasteiger partial charge in [0.2, 0.25) is 10.0 Å². The van der Waals surface area contributed by atoms with Crippen LogP contribution in [0.4, 0.5) is 0 Å². The zero-order valence-electron chi connectivity index (χ0n) is 9.37. The maximum absolute atomic E-state index is 12.3. The lowest BCUT2D eigenvalue weighted by Crippen LogP contribution is -2.46. The maximum Gasteiger partial charge on any atom is 0.243 e. The first kappa shape index (κ1) is 13.5. The molecule has 0 N–H and O–H groups in total. The SMILES string of the molecule is O=C([O-])[C@@H]1CCCN1S(=O)(=O)c1ccc(Br)cc1. The van der Waals surface area contributed by atoms with Crippen molar-refractivity contribution < 1.29 is 18.3 Å². The highest BCUT2D eigenvalue weighted by atomic mass is 79.9. The van der Waals surface area contributed by atoms with Gasteiger partial charge in [0.1, 0.15) is 0 Å². The number of benzene rings is 1. The molecule has 1 fully saturated rings. The molecule has 0 saturated carbocycles. The van der Waals surface area contributed by atoms with E-state index >= 15 is 0 Å². The summed E-state index contributed by atoms with van der Waals surface area (Å²) < 4.78 is 26.3.